The third-order valence-electron chi connectivity index (χ3n) is 8.23. The monoisotopic (exact) mass is 494 g/mol. The lowest BCUT2D eigenvalue weighted by molar-refractivity contribution is -0.121. The van der Waals surface area contributed by atoms with Gasteiger partial charge in [-0.15, -0.1) is 0 Å². The molecule has 1 amide bonds. The fraction of sp³-hybridized carbons (Fsp3) is 0.630. The lowest BCUT2D eigenvalue weighted by Crippen LogP contribution is -2.40. The number of nitrogens with zero attached hydrogens (tertiary/aromatic N) is 4. The number of amides is 1. The summed E-state index contributed by atoms with van der Waals surface area (Å²) in [7, 11) is -0.532. The van der Waals surface area contributed by atoms with E-state index in [0.717, 1.165) is 71.7 Å². The van der Waals surface area contributed by atoms with Crippen LogP contribution in [0.3, 0.4) is 0 Å². The largest absolute Gasteiger partial charge is 0.353 e. The Bertz CT molecular complexity index is 1230. The zero-order valence-electron chi connectivity index (χ0n) is 21.2. The van der Waals surface area contributed by atoms with Crippen molar-refractivity contribution in [3.63, 3.8) is 0 Å². The fourth-order valence-electron chi connectivity index (χ4n) is 6.23. The van der Waals surface area contributed by atoms with Gasteiger partial charge in [0.25, 0.3) is 0 Å². The molecule has 0 atom stereocenters. The molecule has 2 fully saturated rings. The normalized spacial score (nSPS) is 26.0. The topological polar surface area (TPSA) is 99.4 Å². The van der Waals surface area contributed by atoms with Crippen LogP contribution in [0.4, 0.5) is 0 Å². The molecular weight excluding hydrogens is 456 g/mol. The molecule has 35 heavy (non-hydrogen) atoms. The minimum absolute atomic E-state index is 0.0737. The van der Waals surface area contributed by atoms with Crippen molar-refractivity contribution in [2.24, 2.45) is 5.92 Å². The van der Waals surface area contributed by atoms with Crippen molar-refractivity contribution in [1.29, 1.82) is 5.26 Å². The SMILES string of the molecule is CS(C)(C)C1CCC(NC(=O)Cc2nc3cnc4[nH]ccc4c3n2C2CCC(CC#N)CC2)CC1. The van der Waals surface area contributed by atoms with Crippen LogP contribution in [0.15, 0.2) is 18.5 Å². The summed E-state index contributed by atoms with van der Waals surface area (Å²) in [5, 5.41) is 14.3. The summed E-state index contributed by atoms with van der Waals surface area (Å²) in [6, 6.07) is 4.97. The molecule has 0 saturated heterocycles. The highest BCUT2D eigenvalue weighted by molar-refractivity contribution is 8.32. The molecule has 188 valence electrons. The van der Waals surface area contributed by atoms with Crippen molar-refractivity contribution in [3.05, 3.63) is 24.3 Å². The molecule has 7 nitrogen and oxygen atoms in total. The molecule has 5 rings (SSSR count). The van der Waals surface area contributed by atoms with Crippen LogP contribution >= 0.6 is 10.0 Å². The lowest BCUT2D eigenvalue weighted by atomic mass is 9.84. The van der Waals surface area contributed by atoms with Gasteiger partial charge in [-0.1, -0.05) is 0 Å². The van der Waals surface area contributed by atoms with Crippen LogP contribution in [0.1, 0.15) is 69.7 Å². The van der Waals surface area contributed by atoms with E-state index in [9.17, 15) is 4.79 Å². The quantitative estimate of drug-likeness (QED) is 0.491. The standard InChI is InChI=1S/C27H38N6OS/c1-35(2,3)21-10-6-19(7-11-21)31-25(34)16-24-32-23-17-30-27-22(13-15-29-27)26(23)33(24)20-8-4-18(5-9-20)12-14-28/h13,15,17-21H,4-12,16H2,1-3H3,(H,29,30)(H,31,34). The molecule has 2 N–H and O–H groups in total. The Balaban J connectivity index is 1.36. The minimum atomic E-state index is -0.532. The maximum Gasteiger partial charge on any atom is 0.227 e. The molecule has 2 aliphatic rings. The summed E-state index contributed by atoms with van der Waals surface area (Å²) < 4.78 is 2.33. The van der Waals surface area contributed by atoms with Gasteiger partial charge in [-0.3, -0.25) is 4.79 Å². The molecule has 3 heterocycles. The number of hydrogen-bond acceptors (Lipinski definition) is 4. The van der Waals surface area contributed by atoms with Gasteiger partial charge in [0.05, 0.1) is 24.2 Å². The van der Waals surface area contributed by atoms with Gasteiger partial charge in [0.1, 0.15) is 17.0 Å². The van der Waals surface area contributed by atoms with Crippen LogP contribution < -0.4 is 5.32 Å². The maximum atomic E-state index is 13.2. The van der Waals surface area contributed by atoms with Crippen LogP contribution in [0.2, 0.25) is 0 Å². The third kappa shape index (κ3) is 5.06. The molecule has 0 radical (unpaired) electrons. The van der Waals surface area contributed by atoms with E-state index >= 15 is 0 Å². The molecule has 3 aromatic heterocycles. The highest BCUT2D eigenvalue weighted by Crippen LogP contribution is 2.47. The molecule has 0 aliphatic heterocycles. The zero-order valence-corrected chi connectivity index (χ0v) is 22.0. The average Bonchev–Trinajstić information content (AvgIpc) is 3.43. The van der Waals surface area contributed by atoms with Crippen molar-refractivity contribution in [1.82, 2.24) is 24.8 Å². The smallest absolute Gasteiger partial charge is 0.227 e. The second-order valence-electron chi connectivity index (χ2n) is 11.3. The van der Waals surface area contributed by atoms with Crippen molar-refractivity contribution in [3.8, 4) is 6.07 Å². The third-order valence-corrected chi connectivity index (χ3v) is 10.7. The number of H-pyrrole nitrogens is 1. The number of nitrogens with one attached hydrogen (secondary N) is 2. The Morgan fingerprint density at radius 1 is 1.17 bits per heavy atom. The molecule has 2 aliphatic carbocycles. The lowest BCUT2D eigenvalue weighted by Gasteiger charge is -2.41. The predicted octanol–water partition coefficient (Wildman–Crippen LogP) is 5.22. The van der Waals surface area contributed by atoms with Crippen molar-refractivity contribution in [2.45, 2.75) is 81.5 Å². The first-order valence-corrected chi connectivity index (χ1v) is 15.9. The van der Waals surface area contributed by atoms with E-state index in [0.29, 0.717) is 24.8 Å². The molecule has 3 aromatic rings. The number of imidazole rings is 1. The van der Waals surface area contributed by atoms with E-state index in [1.54, 1.807) is 0 Å². The van der Waals surface area contributed by atoms with Crippen LogP contribution in [0.5, 0.6) is 0 Å². The zero-order chi connectivity index (χ0) is 24.6. The molecule has 0 spiro atoms. The number of carbonyl (C=O) groups is 1. The van der Waals surface area contributed by atoms with Crippen molar-refractivity contribution in [2.75, 3.05) is 18.8 Å². The molecule has 0 unspecified atom stereocenters. The number of hydrogen-bond donors (Lipinski definition) is 2. The number of pyridine rings is 1. The molecule has 0 bridgehead atoms. The average molecular weight is 495 g/mol. The van der Waals surface area contributed by atoms with E-state index < -0.39 is 10.0 Å². The van der Waals surface area contributed by atoms with Crippen molar-refractivity contribution < 1.29 is 4.79 Å². The van der Waals surface area contributed by atoms with Crippen LogP contribution in [0, 0.1) is 17.2 Å². The Labute approximate surface area is 209 Å². The van der Waals surface area contributed by atoms with Gasteiger partial charge in [0, 0.05) is 30.1 Å². The number of carbonyl (C=O) groups excluding carboxylic acids is 1. The van der Waals surface area contributed by atoms with E-state index in [1.165, 1.54) is 12.8 Å². The Morgan fingerprint density at radius 3 is 2.60 bits per heavy atom. The van der Waals surface area contributed by atoms with Crippen LogP contribution in [-0.2, 0) is 11.2 Å². The highest BCUT2D eigenvalue weighted by atomic mass is 32.3. The summed E-state index contributed by atoms with van der Waals surface area (Å²) in [6.45, 7) is 0. The number of aromatic nitrogens is 4. The number of rotatable bonds is 6. The predicted molar refractivity (Wildman–Crippen MR) is 144 cm³/mol. The first-order chi connectivity index (χ1) is 16.8. The summed E-state index contributed by atoms with van der Waals surface area (Å²) in [5.74, 6) is 1.39. The maximum absolute atomic E-state index is 13.2. The van der Waals surface area contributed by atoms with E-state index in [1.807, 2.05) is 12.4 Å². The first-order valence-electron chi connectivity index (χ1n) is 13.0. The van der Waals surface area contributed by atoms with Crippen LogP contribution in [-0.4, -0.2) is 55.5 Å². The summed E-state index contributed by atoms with van der Waals surface area (Å²) in [5.41, 5.74) is 2.79. The Kier molecular flexibility index (Phi) is 6.80. The fourth-order valence-corrected chi connectivity index (χ4v) is 7.92. The number of aromatic amines is 1. The highest BCUT2D eigenvalue weighted by Gasteiger charge is 2.30. The molecule has 8 heteroatoms. The molecular formula is C27H38N6OS. The van der Waals surface area contributed by atoms with Gasteiger partial charge in [-0.25, -0.2) is 20.0 Å². The second-order valence-corrected chi connectivity index (χ2v) is 15.8. The second kappa shape index (κ2) is 9.85. The minimum Gasteiger partial charge on any atom is -0.353 e. The van der Waals surface area contributed by atoms with E-state index in [4.69, 9.17) is 10.2 Å². The van der Waals surface area contributed by atoms with E-state index in [2.05, 4.69) is 50.8 Å². The Hall–Kier alpha value is -2.53. The van der Waals surface area contributed by atoms with Gasteiger partial charge < -0.3 is 14.9 Å². The van der Waals surface area contributed by atoms with Crippen molar-refractivity contribution >= 4 is 38.0 Å². The summed E-state index contributed by atoms with van der Waals surface area (Å²) in [4.78, 5) is 25.9. The molecule has 2 saturated carbocycles. The number of fused-ring (bicyclic) bond motifs is 3. The number of nitriles is 1. The van der Waals surface area contributed by atoms with Crippen LogP contribution in [0.25, 0.3) is 22.1 Å². The van der Waals surface area contributed by atoms with Gasteiger partial charge >= 0.3 is 0 Å². The molecule has 0 aromatic carbocycles. The van der Waals surface area contributed by atoms with E-state index in [-0.39, 0.29) is 11.9 Å². The Morgan fingerprint density at radius 2 is 1.91 bits per heavy atom. The van der Waals surface area contributed by atoms with Gasteiger partial charge in [-0.2, -0.15) is 5.26 Å². The summed E-state index contributed by atoms with van der Waals surface area (Å²) >= 11 is 0. The van der Waals surface area contributed by atoms with Gasteiger partial charge in [0.2, 0.25) is 5.91 Å². The summed E-state index contributed by atoms with van der Waals surface area (Å²) in [6.07, 6.45) is 20.6. The first kappa shape index (κ1) is 24.2. The van der Waals surface area contributed by atoms with Gasteiger partial charge in [0.15, 0.2) is 0 Å². The van der Waals surface area contributed by atoms with Gasteiger partial charge in [-0.05, 0) is 87.4 Å².